The van der Waals surface area contributed by atoms with E-state index in [1.54, 1.807) is 30.6 Å². The Bertz CT molecular complexity index is 1600. The van der Waals surface area contributed by atoms with E-state index in [2.05, 4.69) is 10.3 Å². The van der Waals surface area contributed by atoms with E-state index in [9.17, 15) is 22.8 Å². The largest absolute Gasteiger partial charge is 0.444 e. The molecule has 13 heteroatoms. The number of hydrogen-bond acceptors (Lipinski definition) is 7. The van der Waals surface area contributed by atoms with E-state index in [4.69, 9.17) is 14.6 Å². The number of nitrogens with one attached hydrogen (secondary N) is 2. The smallest absolute Gasteiger partial charge is 0.410 e. The molecular formula is C29H35N5O7S. The molecule has 12 nitrogen and oxygen atoms in total. The Kier molecular flexibility index (Phi) is 8.01. The number of para-hydroxylation sites is 1. The molecular weight excluding hydrogens is 562 g/mol. The van der Waals surface area contributed by atoms with Gasteiger partial charge in [0, 0.05) is 35.9 Å². The number of aromatic nitrogens is 1. The van der Waals surface area contributed by atoms with Crippen LogP contribution in [-0.2, 0) is 35.5 Å². The van der Waals surface area contributed by atoms with Crippen LogP contribution in [0.1, 0.15) is 32.8 Å². The molecule has 2 aliphatic heterocycles. The van der Waals surface area contributed by atoms with Crippen molar-refractivity contribution >= 4 is 44.5 Å². The minimum atomic E-state index is -3.87. The first-order valence-electron chi connectivity index (χ1n) is 13.7. The molecule has 224 valence electrons. The summed E-state index contributed by atoms with van der Waals surface area (Å²) in [6.45, 7) is 6.23. The number of nitrogens with two attached hydrogens (primary N) is 1. The zero-order valence-corrected chi connectivity index (χ0v) is 24.5. The predicted octanol–water partition coefficient (Wildman–Crippen LogP) is 2.60. The lowest BCUT2D eigenvalue weighted by molar-refractivity contribution is -0.168. The van der Waals surface area contributed by atoms with Crippen molar-refractivity contribution in [2.75, 3.05) is 25.0 Å². The summed E-state index contributed by atoms with van der Waals surface area (Å²) in [7, 11) is -3.87. The molecule has 0 aliphatic carbocycles. The average Bonchev–Trinajstić information content (AvgIpc) is 3.52. The number of primary sulfonamides is 1. The predicted molar refractivity (Wildman–Crippen MR) is 155 cm³/mol. The average molecular weight is 598 g/mol. The molecule has 0 spiro atoms. The van der Waals surface area contributed by atoms with Gasteiger partial charge in [0.15, 0.2) is 0 Å². The zero-order valence-electron chi connectivity index (χ0n) is 23.7. The summed E-state index contributed by atoms with van der Waals surface area (Å²) in [5.41, 5.74) is 1.73. The number of H-pyrrole nitrogens is 1. The Morgan fingerprint density at radius 2 is 1.83 bits per heavy atom. The fourth-order valence-corrected chi connectivity index (χ4v) is 5.90. The summed E-state index contributed by atoms with van der Waals surface area (Å²) in [4.78, 5) is 46.0. The number of carbonyl (C=O) groups is 3. The second-order valence-electron chi connectivity index (χ2n) is 11.6. The first-order valence-corrected chi connectivity index (χ1v) is 15.2. The van der Waals surface area contributed by atoms with Crippen molar-refractivity contribution in [2.45, 2.75) is 62.4 Å². The third kappa shape index (κ3) is 6.58. The van der Waals surface area contributed by atoms with Gasteiger partial charge in [-0.25, -0.2) is 18.4 Å². The normalized spacial score (nSPS) is 21.0. The molecule has 0 bridgehead atoms. The molecule has 3 amide bonds. The van der Waals surface area contributed by atoms with Crippen LogP contribution in [0.5, 0.6) is 0 Å². The number of aromatic amines is 1. The first-order chi connectivity index (χ1) is 19.8. The van der Waals surface area contributed by atoms with E-state index in [0.717, 1.165) is 16.5 Å². The lowest BCUT2D eigenvalue weighted by Crippen LogP contribution is -2.59. The highest BCUT2D eigenvalue weighted by molar-refractivity contribution is 7.89. The maximum atomic E-state index is 13.7. The lowest BCUT2D eigenvalue weighted by Gasteiger charge is -2.40. The highest BCUT2D eigenvalue weighted by Gasteiger charge is 2.49. The van der Waals surface area contributed by atoms with E-state index in [-0.39, 0.29) is 36.4 Å². The van der Waals surface area contributed by atoms with Crippen molar-refractivity contribution in [3.63, 3.8) is 0 Å². The third-order valence-corrected chi connectivity index (χ3v) is 8.25. The number of carbonyl (C=O) groups excluding carboxylic acids is 3. The fraction of sp³-hybridized carbons (Fsp3) is 0.414. The summed E-state index contributed by atoms with van der Waals surface area (Å²) in [5, 5.41) is 8.88. The number of sulfonamides is 1. The van der Waals surface area contributed by atoms with Gasteiger partial charge in [-0.1, -0.05) is 18.2 Å². The van der Waals surface area contributed by atoms with Gasteiger partial charge in [0.25, 0.3) is 5.91 Å². The van der Waals surface area contributed by atoms with Gasteiger partial charge >= 0.3 is 6.09 Å². The van der Waals surface area contributed by atoms with E-state index in [0.29, 0.717) is 18.7 Å². The van der Waals surface area contributed by atoms with Gasteiger partial charge in [0.05, 0.1) is 30.0 Å². The van der Waals surface area contributed by atoms with Gasteiger partial charge in [0.2, 0.25) is 15.9 Å². The molecule has 3 aromatic rings. The number of rotatable bonds is 7. The molecule has 0 radical (unpaired) electrons. The molecule has 5 rings (SSSR count). The monoisotopic (exact) mass is 597 g/mol. The number of anilines is 1. The SMILES string of the molecule is CC(C)(C)OC(=O)N1CC2OC(CC(=O)Nc3ccc(S(N)(=O)=O)cc3)C(=O)N(CCc3c[nH]c4ccccc34)C2C1. The van der Waals surface area contributed by atoms with Crippen molar-refractivity contribution in [1.29, 1.82) is 0 Å². The number of nitrogens with zero attached hydrogens (tertiary/aromatic N) is 2. The number of likely N-dealkylation sites (tertiary alicyclic amines) is 1. The van der Waals surface area contributed by atoms with E-state index < -0.39 is 39.8 Å². The van der Waals surface area contributed by atoms with Crippen LogP contribution < -0.4 is 10.5 Å². The molecule has 42 heavy (non-hydrogen) atoms. The van der Waals surface area contributed by atoms with Gasteiger partial charge in [-0.05, 0) is 63.1 Å². The highest BCUT2D eigenvalue weighted by Crippen LogP contribution is 2.30. The van der Waals surface area contributed by atoms with E-state index in [1.165, 1.54) is 24.3 Å². The number of benzene rings is 2. The zero-order chi connectivity index (χ0) is 30.2. The van der Waals surface area contributed by atoms with Crippen LogP contribution in [0.3, 0.4) is 0 Å². The Labute approximate surface area is 244 Å². The quantitative estimate of drug-likeness (QED) is 0.377. The van der Waals surface area contributed by atoms with Gasteiger partial charge in [-0.15, -0.1) is 0 Å². The molecule has 4 N–H and O–H groups in total. The first kappa shape index (κ1) is 29.5. The molecule has 0 saturated carbocycles. The van der Waals surface area contributed by atoms with Crippen LogP contribution >= 0.6 is 0 Å². The molecule has 3 atom stereocenters. The van der Waals surface area contributed by atoms with Gasteiger partial charge in [-0.2, -0.15) is 0 Å². The highest BCUT2D eigenvalue weighted by atomic mass is 32.2. The minimum Gasteiger partial charge on any atom is -0.444 e. The number of morpholine rings is 1. The van der Waals surface area contributed by atoms with Crippen molar-refractivity contribution < 1.29 is 32.3 Å². The van der Waals surface area contributed by atoms with Crippen LogP contribution in [-0.4, -0.2) is 84.6 Å². The summed E-state index contributed by atoms with van der Waals surface area (Å²) < 4.78 is 34.7. The Morgan fingerprint density at radius 1 is 1.12 bits per heavy atom. The van der Waals surface area contributed by atoms with Crippen molar-refractivity contribution in [1.82, 2.24) is 14.8 Å². The lowest BCUT2D eigenvalue weighted by atomic mass is 10.0. The third-order valence-electron chi connectivity index (χ3n) is 7.32. The number of amides is 3. The molecule has 2 saturated heterocycles. The molecule has 3 unspecified atom stereocenters. The van der Waals surface area contributed by atoms with Crippen LogP contribution in [0.4, 0.5) is 10.5 Å². The van der Waals surface area contributed by atoms with Crippen molar-refractivity contribution in [3.8, 4) is 0 Å². The summed E-state index contributed by atoms with van der Waals surface area (Å²) in [5.74, 6) is -0.810. The van der Waals surface area contributed by atoms with Crippen LogP contribution in [0.25, 0.3) is 10.9 Å². The minimum absolute atomic E-state index is 0.0843. The van der Waals surface area contributed by atoms with Crippen molar-refractivity contribution in [3.05, 3.63) is 60.3 Å². The number of fused-ring (bicyclic) bond motifs is 2. The number of hydrogen-bond donors (Lipinski definition) is 3. The summed E-state index contributed by atoms with van der Waals surface area (Å²) in [6, 6.07) is 12.9. The fourth-order valence-electron chi connectivity index (χ4n) is 5.38. The van der Waals surface area contributed by atoms with Crippen molar-refractivity contribution in [2.24, 2.45) is 5.14 Å². The van der Waals surface area contributed by atoms with Gasteiger partial charge in [-0.3, -0.25) is 9.59 Å². The standard InChI is InChI=1S/C29H35N5O7S/c1-29(2,3)41-28(37)33-16-23-25(17-33)40-24(14-26(35)32-19-8-10-20(11-9-19)42(30,38)39)27(36)34(23)13-12-18-15-31-22-7-5-4-6-21(18)22/h4-11,15,23-25,31H,12-14,16-17H2,1-3H3,(H,32,35)(H2,30,38,39). The molecule has 1 aromatic heterocycles. The maximum absolute atomic E-state index is 13.7. The topological polar surface area (TPSA) is 164 Å². The molecule has 2 fully saturated rings. The molecule has 3 heterocycles. The second-order valence-corrected chi connectivity index (χ2v) is 13.1. The van der Waals surface area contributed by atoms with E-state index >= 15 is 0 Å². The van der Waals surface area contributed by atoms with Gasteiger partial charge in [0.1, 0.15) is 11.7 Å². The van der Waals surface area contributed by atoms with Gasteiger partial charge < -0.3 is 29.6 Å². The van der Waals surface area contributed by atoms with E-state index in [1.807, 2.05) is 30.5 Å². The Hall–Kier alpha value is -3.94. The Balaban J connectivity index is 1.32. The number of ether oxygens (including phenoxy) is 2. The van der Waals surface area contributed by atoms with Crippen LogP contribution in [0, 0.1) is 0 Å². The molecule has 2 aliphatic rings. The maximum Gasteiger partial charge on any atom is 0.410 e. The summed E-state index contributed by atoms with van der Waals surface area (Å²) in [6.07, 6.45) is 0.208. The molecule has 2 aromatic carbocycles. The Morgan fingerprint density at radius 3 is 2.52 bits per heavy atom. The van der Waals surface area contributed by atoms with Crippen LogP contribution in [0.15, 0.2) is 59.6 Å². The second kappa shape index (κ2) is 11.4. The summed E-state index contributed by atoms with van der Waals surface area (Å²) >= 11 is 0. The van der Waals surface area contributed by atoms with Crippen LogP contribution in [0.2, 0.25) is 0 Å².